The summed E-state index contributed by atoms with van der Waals surface area (Å²) in [4.78, 5) is 52.7. The maximum Gasteiger partial charge on any atom is 0.407 e. The smallest absolute Gasteiger partial charge is 0.407 e. The molecule has 12 unspecified atom stereocenters. The first kappa shape index (κ1) is 99.8. The van der Waals surface area contributed by atoms with Gasteiger partial charge < -0.3 is 117 Å². The molecule has 13 rings (SSSR count). The molecule has 28 heteroatoms. The average molecular weight is 1800 g/mol. The zero-order chi connectivity index (χ0) is 92.4. The van der Waals surface area contributed by atoms with Crippen molar-refractivity contribution < 1.29 is 125 Å². The number of nitrogens with one attached hydrogen (secondary N) is 2. The second kappa shape index (κ2) is 49.0. The first-order valence-electron chi connectivity index (χ1n) is 45.3. The molecule has 0 bridgehead atoms. The average Bonchev–Trinajstić information content (AvgIpc) is 0.745. The van der Waals surface area contributed by atoms with Gasteiger partial charge in [0.2, 0.25) is 0 Å². The summed E-state index contributed by atoms with van der Waals surface area (Å²) >= 11 is 0. The molecule has 0 aromatic heterocycles. The van der Waals surface area contributed by atoms with E-state index in [4.69, 9.17) is 80.5 Å². The van der Waals surface area contributed by atoms with Gasteiger partial charge in [0.15, 0.2) is 25.2 Å². The number of carbonyl (C=O) groups excluding carboxylic acids is 4. The van der Waals surface area contributed by atoms with Gasteiger partial charge in [-0.15, -0.1) is 0 Å². The Morgan fingerprint density at radius 2 is 0.762 bits per heavy atom. The predicted octanol–water partition coefficient (Wildman–Crippen LogP) is 12.6. The lowest BCUT2D eigenvalue weighted by Crippen LogP contribution is -2.66. The Bertz CT molecular complexity index is 4530. The van der Waals surface area contributed by atoms with Gasteiger partial charge in [0.1, 0.15) is 79.7 Å². The van der Waals surface area contributed by atoms with Crippen LogP contribution in [0.15, 0.2) is 232 Å². The van der Waals surface area contributed by atoms with Crippen LogP contribution in [0.2, 0.25) is 0 Å². The minimum Gasteiger partial charge on any atom is -0.469 e. The zero-order valence-corrected chi connectivity index (χ0v) is 75.6. The van der Waals surface area contributed by atoms with Gasteiger partial charge in [0.25, 0.3) is 0 Å². The lowest BCUT2D eigenvalue weighted by molar-refractivity contribution is -0.341. The normalized spacial score (nSPS) is 31.5. The van der Waals surface area contributed by atoms with Gasteiger partial charge in [-0.25, -0.2) is 9.59 Å². The summed E-state index contributed by atoms with van der Waals surface area (Å²) in [6.07, 6.45) is -16.8. The Hall–Kier alpha value is -9.22. The van der Waals surface area contributed by atoms with Crippen molar-refractivity contribution in [3.63, 3.8) is 0 Å². The van der Waals surface area contributed by atoms with E-state index in [0.29, 0.717) is 38.9 Å². The SMILES string of the molecule is C=CCOC(=O)NC1C(O)[C@@H](O)[C@H](CO)O[C@H]1O[C@@H]1CC(C(=O)OC)C[C@@H](CC)C1O[C@@H]1OC(C)[C@@H](C)[C@H](OCc2ccccc2)C1OCc1ccccc1.C=CCOC(=O)NC1C(O)[C@@H](O)[C@H](COC(c2ccccc2)(c2ccccc2)c2ccc(C)cc2)O[C@H]1O[C@@H]1CC(C(=O)OC)C[C@@H](CC)C1O[C@@H]1OC(C)[C@@H](C)[C@H](OCc2ccccc2)C1OCc1ccccc1. The molecule has 7 aromatic carbocycles. The number of benzene rings is 7. The molecule has 130 heavy (non-hydrogen) atoms. The number of hydrogen-bond donors (Lipinski definition) is 7. The lowest BCUT2D eigenvalue weighted by atomic mass is 9.76. The van der Waals surface area contributed by atoms with Crippen LogP contribution in [0.5, 0.6) is 0 Å². The van der Waals surface area contributed by atoms with Gasteiger partial charge in [-0.3, -0.25) is 9.59 Å². The summed E-state index contributed by atoms with van der Waals surface area (Å²) in [6.45, 7) is 21.4. The van der Waals surface area contributed by atoms with E-state index in [2.05, 4.69) is 37.6 Å². The summed E-state index contributed by atoms with van der Waals surface area (Å²) in [6, 6.07) is 64.4. The van der Waals surface area contributed by atoms with Crippen LogP contribution < -0.4 is 10.6 Å². The van der Waals surface area contributed by atoms with Gasteiger partial charge in [-0.2, -0.15) is 0 Å². The van der Waals surface area contributed by atoms with Crippen molar-refractivity contribution in [3.8, 4) is 0 Å². The number of aliphatic hydroxyl groups excluding tert-OH is 5. The number of ether oxygens (including phenoxy) is 17. The summed E-state index contributed by atoms with van der Waals surface area (Å²) in [5.41, 5.74) is 6.22. The highest BCUT2D eigenvalue weighted by atomic mass is 16.8. The number of amides is 2. The summed E-state index contributed by atoms with van der Waals surface area (Å²) in [7, 11) is 2.68. The fourth-order valence-corrected chi connectivity index (χ4v) is 18.3. The molecule has 2 aliphatic carbocycles. The number of hydrogen-bond acceptors (Lipinski definition) is 26. The zero-order valence-electron chi connectivity index (χ0n) is 75.6. The maximum absolute atomic E-state index is 13.6. The van der Waals surface area contributed by atoms with Crippen LogP contribution in [0.1, 0.15) is 125 Å². The maximum atomic E-state index is 13.6. The van der Waals surface area contributed by atoms with E-state index in [1.165, 1.54) is 26.4 Å². The Labute approximate surface area is 762 Å². The molecule has 6 fully saturated rings. The molecule has 6 aliphatic rings. The summed E-state index contributed by atoms with van der Waals surface area (Å²) < 4.78 is 109. The number of alkyl carbamates (subject to hydrolysis) is 2. The van der Waals surface area contributed by atoms with E-state index in [1.54, 1.807) is 0 Å². The lowest BCUT2D eigenvalue weighted by Gasteiger charge is -2.49. The van der Waals surface area contributed by atoms with Crippen LogP contribution in [0.25, 0.3) is 0 Å². The largest absolute Gasteiger partial charge is 0.469 e. The van der Waals surface area contributed by atoms with Crippen molar-refractivity contribution in [2.45, 2.75) is 254 Å². The quantitative estimate of drug-likeness (QED) is 0.00823. The second-order valence-electron chi connectivity index (χ2n) is 34.4. The van der Waals surface area contributed by atoms with Crippen molar-refractivity contribution in [3.05, 3.63) is 276 Å². The van der Waals surface area contributed by atoms with E-state index >= 15 is 0 Å². The van der Waals surface area contributed by atoms with Gasteiger partial charge in [0.05, 0.1) is 115 Å². The van der Waals surface area contributed by atoms with Crippen molar-refractivity contribution >= 4 is 24.1 Å². The molecule has 4 saturated heterocycles. The molecule has 0 radical (unpaired) electrons. The Morgan fingerprint density at radius 3 is 1.11 bits per heavy atom. The van der Waals surface area contributed by atoms with Crippen molar-refractivity contribution in [2.75, 3.05) is 40.6 Å². The third-order valence-electron chi connectivity index (χ3n) is 25.8. The molecule has 7 aromatic rings. The standard InChI is InChI=1S/C61H73NO13.C41H57NO13/c1-7-33-68-60(66)62-51-53(64)52(63)50(38-71-61(46-25-17-11-18-26-46,47-27-19-12-20-28-47)48-31-29-39(3)30-32-48)74-58(51)73-49-35-45(57(65)67-6)34-44(8-2)55(49)75-59-56(70-37-43-23-15-10-16-24-43)54(40(4)41(5)72-59)69-36-42-21-13-9-14-22-42;1-6-18-49-41(47)42-32-34(45)33(44)31(21-43)54-39(32)53-30-20-29(38(46)48-5)19-28(7-2)36(30)55-40-37(51-23-27-16-12-9-13-17-27)35(24(3)25(4)52-40)50-22-26-14-10-8-11-15-26/h7,9-32,40-41,44-45,49-56,58-59,63-64H,1,8,33-38H2,2-6H3,(H,62,66);6,8-17,24-25,28-37,39-40,43-45H,1,7,18-23H2,2-5H3,(H,42,47)/t40-,41?,44-,45?,49-,50+,51?,52+,53?,54+,55?,56?,58-,59+;24-,25?,28-,29?,30-,31+,32?,33+,34?,35+,36?,37?,39-,40+/m11/s1. The fraction of sp³-hybridized carbons (Fsp3) is 0.510. The van der Waals surface area contributed by atoms with Gasteiger partial charge in [0, 0.05) is 11.8 Å². The number of carbonyl (C=O) groups is 4. The summed E-state index contributed by atoms with van der Waals surface area (Å²) in [5.74, 6) is -2.76. The molecule has 7 N–H and O–H groups in total. The van der Waals surface area contributed by atoms with E-state index < -0.39 is 171 Å². The minimum atomic E-state index is -1.67. The first-order valence-corrected chi connectivity index (χ1v) is 45.3. The van der Waals surface area contributed by atoms with Crippen LogP contribution in [0.4, 0.5) is 9.59 Å². The molecule has 704 valence electrons. The number of aryl methyl sites for hydroxylation is 1. The highest BCUT2D eigenvalue weighted by Gasteiger charge is 2.56. The van der Waals surface area contributed by atoms with Crippen LogP contribution in [-0.2, 0) is 122 Å². The fourth-order valence-electron chi connectivity index (χ4n) is 18.3. The van der Waals surface area contributed by atoms with E-state index in [-0.39, 0.29) is 81.8 Å². The summed E-state index contributed by atoms with van der Waals surface area (Å²) in [5, 5.41) is 61.4. The molecule has 28 atom stereocenters. The van der Waals surface area contributed by atoms with Crippen LogP contribution in [0.3, 0.4) is 0 Å². The monoisotopic (exact) mass is 1800 g/mol. The third kappa shape index (κ3) is 25.4. The van der Waals surface area contributed by atoms with Crippen molar-refractivity contribution in [2.24, 2.45) is 35.5 Å². The van der Waals surface area contributed by atoms with Gasteiger partial charge in [-0.05, 0) is 97.2 Å². The molecular formula is C102H130N2O26. The van der Waals surface area contributed by atoms with Crippen molar-refractivity contribution in [1.82, 2.24) is 10.6 Å². The van der Waals surface area contributed by atoms with Crippen LogP contribution in [0, 0.1) is 42.4 Å². The van der Waals surface area contributed by atoms with E-state index in [0.717, 1.165) is 44.5 Å². The van der Waals surface area contributed by atoms with E-state index in [1.807, 2.05) is 241 Å². The van der Waals surface area contributed by atoms with Crippen LogP contribution in [-0.4, -0.2) is 225 Å². The Morgan fingerprint density at radius 1 is 0.423 bits per heavy atom. The number of rotatable bonds is 37. The Kier molecular flexibility index (Phi) is 37.6. The second-order valence-corrected chi connectivity index (χ2v) is 34.4. The minimum absolute atomic E-state index is 0.0833. The van der Waals surface area contributed by atoms with Gasteiger partial charge in [-0.1, -0.05) is 278 Å². The third-order valence-corrected chi connectivity index (χ3v) is 25.8. The highest BCUT2D eigenvalue weighted by Crippen LogP contribution is 2.46. The predicted molar refractivity (Wildman–Crippen MR) is 479 cm³/mol. The number of aliphatic hydroxyl groups is 5. The molecule has 2 saturated carbocycles. The molecule has 4 aliphatic heterocycles. The first-order chi connectivity index (χ1) is 63.0. The van der Waals surface area contributed by atoms with Gasteiger partial charge >= 0.3 is 24.1 Å². The number of esters is 2. The topological polar surface area (TPSA) is 350 Å². The number of methoxy groups -OCH3 is 2. The molecule has 28 nitrogen and oxygen atoms in total. The highest BCUT2D eigenvalue weighted by molar-refractivity contribution is 5.73. The van der Waals surface area contributed by atoms with Crippen molar-refractivity contribution in [1.29, 1.82) is 0 Å². The molecule has 2 amide bonds. The van der Waals surface area contributed by atoms with Crippen LogP contribution >= 0.6 is 0 Å². The molecule has 4 heterocycles. The molecule has 0 spiro atoms. The van der Waals surface area contributed by atoms with E-state index in [9.17, 15) is 44.7 Å². The molecular weight excluding hydrogens is 1670 g/mol. The Balaban J connectivity index is 0.000000247.